The Morgan fingerprint density at radius 3 is 2.17 bits per heavy atom. The van der Waals surface area contributed by atoms with Gasteiger partial charge in [-0.15, -0.1) is 0 Å². The van der Waals surface area contributed by atoms with E-state index in [1.54, 1.807) is 7.11 Å². The molecular weight excluding hydrogens is 226 g/mol. The Bertz CT molecular complexity index is 367. The van der Waals surface area contributed by atoms with Gasteiger partial charge in [-0.1, -0.05) is 26.0 Å². The zero-order chi connectivity index (χ0) is 13.8. The van der Waals surface area contributed by atoms with E-state index in [0.717, 1.165) is 17.7 Å². The van der Waals surface area contributed by atoms with Crippen LogP contribution in [0.1, 0.15) is 32.8 Å². The van der Waals surface area contributed by atoms with E-state index >= 15 is 0 Å². The SMILES string of the molecule is CCC(C)(CN)C(C)(O)Cc1ccc(OC)cc1. The first-order valence-corrected chi connectivity index (χ1v) is 6.44. The predicted octanol–water partition coefficient (Wildman–Crippen LogP) is 2.36. The van der Waals surface area contributed by atoms with Crippen molar-refractivity contribution in [2.24, 2.45) is 11.1 Å². The first-order chi connectivity index (χ1) is 8.38. The number of ether oxygens (including phenoxy) is 1. The summed E-state index contributed by atoms with van der Waals surface area (Å²) in [7, 11) is 1.65. The van der Waals surface area contributed by atoms with Crippen LogP contribution in [0.15, 0.2) is 24.3 Å². The second-order valence-electron chi connectivity index (χ2n) is 5.42. The molecule has 0 spiro atoms. The van der Waals surface area contributed by atoms with Crippen molar-refractivity contribution in [1.29, 1.82) is 0 Å². The quantitative estimate of drug-likeness (QED) is 0.816. The number of aliphatic hydroxyl groups is 1. The van der Waals surface area contributed by atoms with E-state index in [0.29, 0.717) is 13.0 Å². The van der Waals surface area contributed by atoms with E-state index in [4.69, 9.17) is 10.5 Å². The van der Waals surface area contributed by atoms with E-state index in [2.05, 4.69) is 6.92 Å². The summed E-state index contributed by atoms with van der Waals surface area (Å²) in [5, 5.41) is 10.7. The third-order valence-corrected chi connectivity index (χ3v) is 4.24. The molecule has 0 saturated carbocycles. The molecule has 0 aliphatic heterocycles. The second-order valence-corrected chi connectivity index (χ2v) is 5.42. The number of methoxy groups -OCH3 is 1. The standard InChI is InChI=1S/C15H25NO2/c1-5-14(2,11-16)15(3,17)10-12-6-8-13(18-4)9-7-12/h6-9,17H,5,10-11,16H2,1-4H3. The van der Waals surface area contributed by atoms with E-state index < -0.39 is 5.60 Å². The molecule has 0 fully saturated rings. The van der Waals surface area contributed by atoms with E-state index in [1.807, 2.05) is 38.1 Å². The molecule has 2 atom stereocenters. The third kappa shape index (κ3) is 3.03. The minimum atomic E-state index is -0.814. The van der Waals surface area contributed by atoms with E-state index in [9.17, 15) is 5.11 Å². The van der Waals surface area contributed by atoms with Gasteiger partial charge in [0.2, 0.25) is 0 Å². The van der Waals surface area contributed by atoms with E-state index in [-0.39, 0.29) is 5.41 Å². The fourth-order valence-electron chi connectivity index (χ4n) is 2.10. The number of rotatable bonds is 6. The summed E-state index contributed by atoms with van der Waals surface area (Å²) in [4.78, 5) is 0. The van der Waals surface area contributed by atoms with Crippen molar-refractivity contribution >= 4 is 0 Å². The van der Waals surface area contributed by atoms with Gasteiger partial charge >= 0.3 is 0 Å². The van der Waals surface area contributed by atoms with Crippen LogP contribution in [-0.2, 0) is 6.42 Å². The van der Waals surface area contributed by atoms with Crippen LogP contribution in [0, 0.1) is 5.41 Å². The molecule has 1 aromatic rings. The normalized spacial score (nSPS) is 17.9. The Kier molecular flexibility index (Phi) is 4.77. The van der Waals surface area contributed by atoms with E-state index in [1.165, 1.54) is 0 Å². The monoisotopic (exact) mass is 251 g/mol. The maximum absolute atomic E-state index is 10.7. The fraction of sp³-hybridized carbons (Fsp3) is 0.600. The molecule has 2 unspecified atom stereocenters. The number of hydrogen-bond donors (Lipinski definition) is 2. The summed E-state index contributed by atoms with van der Waals surface area (Å²) in [5.41, 5.74) is 5.83. The van der Waals surface area contributed by atoms with Crippen molar-refractivity contribution in [1.82, 2.24) is 0 Å². The van der Waals surface area contributed by atoms with Crippen LogP contribution >= 0.6 is 0 Å². The van der Waals surface area contributed by atoms with Gasteiger partial charge in [0.25, 0.3) is 0 Å². The highest BCUT2D eigenvalue weighted by molar-refractivity contribution is 5.28. The fourth-order valence-corrected chi connectivity index (χ4v) is 2.10. The van der Waals surface area contributed by atoms with Gasteiger partial charge < -0.3 is 15.6 Å². The molecule has 0 saturated heterocycles. The summed E-state index contributed by atoms with van der Waals surface area (Å²) in [6.45, 7) is 6.45. The Labute approximate surface area is 110 Å². The minimum absolute atomic E-state index is 0.271. The van der Waals surface area contributed by atoms with Gasteiger partial charge in [-0.25, -0.2) is 0 Å². The first-order valence-electron chi connectivity index (χ1n) is 6.44. The molecular formula is C15H25NO2. The van der Waals surface area contributed by atoms with Gasteiger partial charge in [-0.2, -0.15) is 0 Å². The van der Waals surface area contributed by atoms with Gasteiger partial charge in [0.1, 0.15) is 5.75 Å². The highest BCUT2D eigenvalue weighted by Gasteiger charge is 2.40. The first kappa shape index (κ1) is 15.0. The summed E-state index contributed by atoms with van der Waals surface area (Å²) in [5.74, 6) is 0.829. The van der Waals surface area contributed by atoms with Crippen molar-refractivity contribution in [3.63, 3.8) is 0 Å². The van der Waals surface area contributed by atoms with Crippen LogP contribution in [0.25, 0.3) is 0 Å². The summed E-state index contributed by atoms with van der Waals surface area (Å²) >= 11 is 0. The van der Waals surface area contributed by atoms with Gasteiger partial charge in [0.05, 0.1) is 12.7 Å². The van der Waals surface area contributed by atoms with Crippen molar-refractivity contribution in [3.8, 4) is 5.75 Å². The van der Waals surface area contributed by atoms with Crippen LogP contribution < -0.4 is 10.5 Å². The molecule has 1 rings (SSSR count). The summed E-state index contributed by atoms with van der Waals surface area (Å²) in [6.07, 6.45) is 1.45. The number of hydrogen-bond acceptors (Lipinski definition) is 3. The van der Waals surface area contributed by atoms with Gasteiger partial charge in [-0.05, 0) is 31.0 Å². The highest BCUT2D eigenvalue weighted by Crippen LogP contribution is 2.36. The molecule has 0 bridgehead atoms. The number of nitrogens with two attached hydrogens (primary N) is 1. The molecule has 3 nitrogen and oxygen atoms in total. The third-order valence-electron chi connectivity index (χ3n) is 4.24. The van der Waals surface area contributed by atoms with Crippen LogP contribution in [0.2, 0.25) is 0 Å². The molecule has 0 aliphatic carbocycles. The second kappa shape index (κ2) is 5.72. The lowest BCUT2D eigenvalue weighted by molar-refractivity contribution is -0.0578. The van der Waals surface area contributed by atoms with Crippen LogP contribution in [0.5, 0.6) is 5.75 Å². The van der Waals surface area contributed by atoms with Crippen molar-refractivity contribution in [2.45, 2.75) is 39.2 Å². The number of benzene rings is 1. The zero-order valence-electron chi connectivity index (χ0n) is 11.9. The molecule has 3 N–H and O–H groups in total. The maximum atomic E-state index is 10.7. The van der Waals surface area contributed by atoms with Crippen molar-refractivity contribution in [3.05, 3.63) is 29.8 Å². The maximum Gasteiger partial charge on any atom is 0.118 e. The Morgan fingerprint density at radius 2 is 1.78 bits per heavy atom. The molecule has 1 aromatic carbocycles. The van der Waals surface area contributed by atoms with Crippen LogP contribution in [0.3, 0.4) is 0 Å². The minimum Gasteiger partial charge on any atom is -0.497 e. The van der Waals surface area contributed by atoms with Crippen LogP contribution in [0.4, 0.5) is 0 Å². The molecule has 0 heterocycles. The molecule has 0 aliphatic rings. The molecule has 3 heteroatoms. The van der Waals surface area contributed by atoms with Crippen molar-refractivity contribution in [2.75, 3.05) is 13.7 Å². The van der Waals surface area contributed by atoms with Gasteiger partial charge in [0, 0.05) is 18.4 Å². The lowest BCUT2D eigenvalue weighted by Crippen LogP contribution is -2.49. The Hall–Kier alpha value is -1.06. The largest absolute Gasteiger partial charge is 0.497 e. The average Bonchev–Trinajstić information content (AvgIpc) is 2.38. The molecule has 102 valence electrons. The molecule has 0 radical (unpaired) electrons. The highest BCUT2D eigenvalue weighted by atomic mass is 16.5. The summed E-state index contributed by atoms with van der Waals surface area (Å²) < 4.78 is 5.13. The molecule has 0 aromatic heterocycles. The van der Waals surface area contributed by atoms with Gasteiger partial charge in [0.15, 0.2) is 0 Å². The zero-order valence-corrected chi connectivity index (χ0v) is 11.9. The summed E-state index contributed by atoms with van der Waals surface area (Å²) in [6, 6.07) is 7.80. The smallest absolute Gasteiger partial charge is 0.118 e. The molecule has 0 amide bonds. The van der Waals surface area contributed by atoms with Gasteiger partial charge in [-0.3, -0.25) is 0 Å². The Morgan fingerprint density at radius 1 is 1.22 bits per heavy atom. The predicted molar refractivity (Wildman–Crippen MR) is 74.8 cm³/mol. The van der Waals surface area contributed by atoms with Crippen molar-refractivity contribution < 1.29 is 9.84 Å². The van der Waals surface area contributed by atoms with Crippen LogP contribution in [-0.4, -0.2) is 24.4 Å². The Balaban J connectivity index is 2.87. The average molecular weight is 251 g/mol. The molecule has 18 heavy (non-hydrogen) atoms. The lowest BCUT2D eigenvalue weighted by Gasteiger charge is -2.42. The lowest BCUT2D eigenvalue weighted by atomic mass is 9.69. The topological polar surface area (TPSA) is 55.5 Å².